The smallest absolute Gasteiger partial charge is 0.423 e. The summed E-state index contributed by atoms with van der Waals surface area (Å²) in [5, 5.41) is 16.4. The molecular weight excluding hydrogens is 541 g/mol. The highest BCUT2D eigenvalue weighted by molar-refractivity contribution is 5.86. The molecular formula is C25H20F5N7O3. The molecule has 2 unspecified atom stereocenters. The van der Waals surface area contributed by atoms with Gasteiger partial charge in [-0.05, 0) is 30.5 Å². The van der Waals surface area contributed by atoms with E-state index in [0.717, 1.165) is 16.8 Å². The number of H-pyrrole nitrogens is 1. The van der Waals surface area contributed by atoms with E-state index < -0.39 is 53.1 Å². The van der Waals surface area contributed by atoms with Crippen molar-refractivity contribution in [3.8, 4) is 23.2 Å². The molecule has 2 N–H and O–H groups in total. The Labute approximate surface area is 222 Å². The van der Waals surface area contributed by atoms with Crippen molar-refractivity contribution in [3.63, 3.8) is 0 Å². The number of ether oxygens (including phenoxy) is 1. The first-order valence-electron chi connectivity index (χ1n) is 11.7. The minimum absolute atomic E-state index is 0.00668. The van der Waals surface area contributed by atoms with Gasteiger partial charge in [0, 0.05) is 18.7 Å². The van der Waals surface area contributed by atoms with E-state index in [-0.39, 0.29) is 35.6 Å². The summed E-state index contributed by atoms with van der Waals surface area (Å²) in [6.07, 6.45) is -2.30. The maximum atomic E-state index is 14.9. The van der Waals surface area contributed by atoms with Gasteiger partial charge in [-0.15, -0.1) is 0 Å². The van der Waals surface area contributed by atoms with Crippen molar-refractivity contribution >= 4 is 16.5 Å². The van der Waals surface area contributed by atoms with Crippen LogP contribution in [0.25, 0.3) is 22.2 Å². The Morgan fingerprint density at radius 3 is 2.60 bits per heavy atom. The highest BCUT2D eigenvalue weighted by Crippen LogP contribution is 2.32. The van der Waals surface area contributed by atoms with Crippen LogP contribution in [0.15, 0.2) is 52.6 Å². The summed E-state index contributed by atoms with van der Waals surface area (Å²) in [4.78, 5) is 32.6. The van der Waals surface area contributed by atoms with Gasteiger partial charge in [-0.25, -0.2) is 23.8 Å². The third-order valence-corrected chi connectivity index (χ3v) is 5.78. The van der Waals surface area contributed by atoms with Gasteiger partial charge in [-0.3, -0.25) is 9.59 Å². The Kier molecular flexibility index (Phi) is 8.08. The van der Waals surface area contributed by atoms with Crippen molar-refractivity contribution in [2.75, 3.05) is 11.9 Å². The number of alkyl halides is 4. The lowest BCUT2D eigenvalue weighted by atomic mass is 10.1. The van der Waals surface area contributed by atoms with Gasteiger partial charge in [0.2, 0.25) is 0 Å². The number of pyridine rings is 1. The van der Waals surface area contributed by atoms with E-state index in [0.29, 0.717) is 5.39 Å². The molecule has 208 valence electrons. The van der Waals surface area contributed by atoms with Gasteiger partial charge in [-0.2, -0.15) is 23.5 Å². The normalized spacial score (nSPS) is 13.0. The SMILES string of the molecule is CC(CC(F)Cn1ccc2cc(-c3ncc(OCC#N)cn3)c(F)cc2c1=O)Nc1cn[nH]c(=O)c1C(F)(F)F. The van der Waals surface area contributed by atoms with E-state index in [4.69, 9.17) is 10.00 Å². The molecule has 15 heteroatoms. The largest absolute Gasteiger partial charge is 0.476 e. The molecule has 0 bridgehead atoms. The van der Waals surface area contributed by atoms with Gasteiger partial charge < -0.3 is 14.6 Å². The Morgan fingerprint density at radius 2 is 1.93 bits per heavy atom. The molecule has 0 fully saturated rings. The molecule has 0 aliphatic carbocycles. The summed E-state index contributed by atoms with van der Waals surface area (Å²) < 4.78 is 75.6. The number of nitrogens with one attached hydrogen (secondary N) is 2. The highest BCUT2D eigenvalue weighted by Gasteiger charge is 2.37. The highest BCUT2D eigenvalue weighted by atomic mass is 19.4. The van der Waals surface area contributed by atoms with Crippen molar-refractivity contribution in [3.05, 3.63) is 75.1 Å². The van der Waals surface area contributed by atoms with E-state index in [2.05, 4.69) is 20.4 Å². The predicted molar refractivity (Wildman–Crippen MR) is 133 cm³/mol. The van der Waals surface area contributed by atoms with Gasteiger partial charge in [0.1, 0.15) is 23.6 Å². The monoisotopic (exact) mass is 561 g/mol. The van der Waals surface area contributed by atoms with Gasteiger partial charge in [-0.1, -0.05) is 0 Å². The first-order chi connectivity index (χ1) is 19.0. The second-order valence-electron chi connectivity index (χ2n) is 8.75. The fourth-order valence-corrected chi connectivity index (χ4v) is 4.05. The zero-order chi connectivity index (χ0) is 29.0. The average molecular weight is 561 g/mol. The van der Waals surface area contributed by atoms with E-state index in [1.54, 1.807) is 11.2 Å². The van der Waals surface area contributed by atoms with Crippen LogP contribution >= 0.6 is 0 Å². The van der Waals surface area contributed by atoms with Crippen LogP contribution in [-0.2, 0) is 12.7 Å². The standard InChI is InChI=1S/C25H20F5N7O3/c1-13(35-20-11-34-36-23(38)21(20)25(28,29)30)6-15(26)12-37-4-2-14-7-18(19(27)8-17(14)24(37)39)22-32-9-16(10-33-22)40-5-3-31/h2,4,7-11,13,15H,5-6,12H2,1H3,(H2,35,36,38). The molecule has 0 radical (unpaired) electrons. The van der Waals surface area contributed by atoms with E-state index in [1.807, 2.05) is 0 Å². The van der Waals surface area contributed by atoms with Crippen LogP contribution in [0.2, 0.25) is 0 Å². The number of rotatable bonds is 9. The molecule has 2 atom stereocenters. The number of halogens is 5. The van der Waals surface area contributed by atoms with Crippen LogP contribution in [0.5, 0.6) is 5.75 Å². The van der Waals surface area contributed by atoms with Crippen molar-refractivity contribution < 1.29 is 26.7 Å². The van der Waals surface area contributed by atoms with Crippen LogP contribution in [0.1, 0.15) is 18.9 Å². The summed E-state index contributed by atoms with van der Waals surface area (Å²) in [6.45, 7) is 0.758. The van der Waals surface area contributed by atoms with Crippen LogP contribution < -0.4 is 21.2 Å². The fourth-order valence-electron chi connectivity index (χ4n) is 4.05. The van der Waals surface area contributed by atoms with Crippen molar-refractivity contribution in [1.29, 1.82) is 5.26 Å². The maximum absolute atomic E-state index is 14.9. The second-order valence-corrected chi connectivity index (χ2v) is 8.75. The lowest BCUT2D eigenvalue weighted by Crippen LogP contribution is -2.30. The maximum Gasteiger partial charge on any atom is 0.423 e. The molecule has 0 amide bonds. The third kappa shape index (κ3) is 6.22. The molecule has 4 rings (SSSR count). The van der Waals surface area contributed by atoms with Crippen LogP contribution in [0, 0.1) is 17.1 Å². The summed E-state index contributed by atoms with van der Waals surface area (Å²) >= 11 is 0. The summed E-state index contributed by atoms with van der Waals surface area (Å²) in [6, 6.07) is 4.77. The molecule has 0 saturated carbocycles. The molecule has 40 heavy (non-hydrogen) atoms. The van der Waals surface area contributed by atoms with Gasteiger partial charge in [0.15, 0.2) is 18.2 Å². The summed E-state index contributed by atoms with van der Waals surface area (Å²) in [5.74, 6) is -0.563. The number of fused-ring (bicyclic) bond motifs is 1. The Hall–Kier alpha value is -4.87. The first-order valence-corrected chi connectivity index (χ1v) is 11.7. The zero-order valence-electron chi connectivity index (χ0n) is 20.7. The van der Waals surface area contributed by atoms with E-state index >= 15 is 0 Å². The number of hydrogen-bond donors (Lipinski definition) is 2. The van der Waals surface area contributed by atoms with Crippen LogP contribution in [0.3, 0.4) is 0 Å². The molecule has 0 saturated heterocycles. The van der Waals surface area contributed by atoms with E-state index in [1.165, 1.54) is 37.6 Å². The Bertz CT molecular complexity index is 1680. The number of nitrogens with zero attached hydrogens (tertiary/aromatic N) is 5. The van der Waals surface area contributed by atoms with Crippen molar-refractivity contribution in [1.82, 2.24) is 24.7 Å². The number of aromatic amines is 1. The Balaban J connectivity index is 1.49. The Morgan fingerprint density at radius 1 is 1.20 bits per heavy atom. The van der Waals surface area contributed by atoms with Gasteiger partial charge >= 0.3 is 6.18 Å². The first kappa shape index (κ1) is 28.1. The number of anilines is 1. The fraction of sp³-hybridized carbons (Fsp3) is 0.280. The number of nitriles is 1. The van der Waals surface area contributed by atoms with Crippen molar-refractivity contribution in [2.45, 2.75) is 38.3 Å². The topological polar surface area (TPSA) is 139 Å². The number of aromatic nitrogens is 5. The predicted octanol–water partition coefficient (Wildman–Crippen LogP) is 3.83. The number of benzene rings is 1. The summed E-state index contributed by atoms with van der Waals surface area (Å²) in [5.41, 5.74) is -4.19. The molecule has 4 aromatic rings. The van der Waals surface area contributed by atoms with Crippen molar-refractivity contribution in [2.24, 2.45) is 0 Å². The third-order valence-electron chi connectivity index (χ3n) is 5.78. The quantitative estimate of drug-likeness (QED) is 0.294. The van der Waals surface area contributed by atoms with Crippen LogP contribution in [-0.4, -0.2) is 43.6 Å². The van der Waals surface area contributed by atoms with Gasteiger partial charge in [0.25, 0.3) is 11.1 Å². The molecule has 0 spiro atoms. The second kappa shape index (κ2) is 11.5. The lowest BCUT2D eigenvalue weighted by molar-refractivity contribution is -0.138. The number of hydrogen-bond acceptors (Lipinski definition) is 8. The summed E-state index contributed by atoms with van der Waals surface area (Å²) in [7, 11) is 0. The minimum Gasteiger partial charge on any atom is -0.476 e. The molecule has 3 heterocycles. The molecule has 1 aromatic carbocycles. The zero-order valence-corrected chi connectivity index (χ0v) is 20.7. The lowest BCUT2D eigenvalue weighted by Gasteiger charge is -2.20. The molecule has 3 aromatic heterocycles. The van der Waals surface area contributed by atoms with E-state index in [9.17, 15) is 31.5 Å². The minimum atomic E-state index is -4.96. The molecule has 0 aliphatic rings. The van der Waals surface area contributed by atoms with Gasteiger partial charge in [0.05, 0.1) is 41.8 Å². The van der Waals surface area contributed by atoms with Crippen LogP contribution in [0.4, 0.5) is 27.6 Å². The average Bonchev–Trinajstić information content (AvgIpc) is 2.88. The molecule has 10 nitrogen and oxygen atoms in total. The molecule has 0 aliphatic heterocycles.